The number of hydrogen-bond acceptors (Lipinski definition) is 4. The van der Waals surface area contributed by atoms with Crippen LogP contribution in [0.5, 0.6) is 0 Å². The van der Waals surface area contributed by atoms with Crippen LogP contribution in [0, 0.1) is 0 Å². The highest BCUT2D eigenvalue weighted by molar-refractivity contribution is 5.79. The first-order valence-corrected chi connectivity index (χ1v) is 16.9. The molecule has 2 rings (SSSR count). The Labute approximate surface area is 274 Å². The molecule has 0 aliphatic rings. The van der Waals surface area contributed by atoms with Gasteiger partial charge in [0.25, 0.3) is 0 Å². The molecule has 0 radical (unpaired) electrons. The van der Waals surface area contributed by atoms with Crippen LogP contribution in [0.2, 0.25) is 0 Å². The van der Waals surface area contributed by atoms with Crippen molar-refractivity contribution >= 4 is 5.57 Å². The fourth-order valence-corrected chi connectivity index (χ4v) is 4.25. The normalized spacial score (nSPS) is 11.0. The van der Waals surface area contributed by atoms with Gasteiger partial charge in [-0.25, -0.2) is 10.4 Å². The minimum atomic E-state index is 0.0323. The van der Waals surface area contributed by atoms with E-state index in [-0.39, 0.29) is 5.41 Å². The largest absolute Gasteiger partial charge is 0.327 e. The number of nitrogens with zero attached hydrogens (tertiary/aromatic N) is 2. The summed E-state index contributed by atoms with van der Waals surface area (Å²) in [4.78, 5) is 5.18. The zero-order chi connectivity index (χ0) is 34.7. The third-order valence-electron chi connectivity index (χ3n) is 6.25. The molecule has 5 heteroatoms. The van der Waals surface area contributed by atoms with E-state index in [9.17, 15) is 0 Å². The molecule has 0 spiro atoms. The quantitative estimate of drug-likeness (QED) is 0.0969. The number of hydrazine groups is 2. The zero-order valence-corrected chi connectivity index (χ0v) is 31.4. The number of imidazole rings is 1. The Kier molecular flexibility index (Phi) is 28.9. The lowest BCUT2D eigenvalue weighted by molar-refractivity contribution is 0.556. The van der Waals surface area contributed by atoms with Gasteiger partial charge in [-0.2, -0.15) is 5.53 Å². The van der Waals surface area contributed by atoms with Crippen LogP contribution in [0.3, 0.4) is 0 Å². The summed E-state index contributed by atoms with van der Waals surface area (Å²) < 4.78 is 2.50. The van der Waals surface area contributed by atoms with Crippen LogP contribution in [-0.4, -0.2) is 16.6 Å². The van der Waals surface area contributed by atoms with Crippen molar-refractivity contribution in [2.45, 2.75) is 140 Å². The molecule has 5 nitrogen and oxygen atoms in total. The number of benzene rings is 1. The third-order valence-corrected chi connectivity index (χ3v) is 6.25. The Morgan fingerprint density at radius 1 is 1.00 bits per heavy atom. The first kappa shape index (κ1) is 45.7. The van der Waals surface area contributed by atoms with Crippen molar-refractivity contribution in [2.24, 2.45) is 5.84 Å². The van der Waals surface area contributed by atoms with Gasteiger partial charge in [-0.1, -0.05) is 130 Å². The van der Waals surface area contributed by atoms with Gasteiger partial charge in [-0.15, -0.1) is 6.58 Å². The minimum Gasteiger partial charge on any atom is -0.327 e. The van der Waals surface area contributed by atoms with Gasteiger partial charge in [0.1, 0.15) is 5.82 Å². The van der Waals surface area contributed by atoms with E-state index in [1.165, 1.54) is 51.5 Å². The molecule has 0 bridgehead atoms. The second kappa shape index (κ2) is 27.8. The fourth-order valence-electron chi connectivity index (χ4n) is 4.25. The molecule has 0 fully saturated rings. The van der Waals surface area contributed by atoms with Crippen LogP contribution >= 0.6 is 0 Å². The molecule has 0 atom stereocenters. The van der Waals surface area contributed by atoms with Crippen molar-refractivity contribution in [1.29, 1.82) is 0 Å². The maximum atomic E-state index is 5.18. The molecule has 0 aliphatic heterocycles. The number of rotatable bonds is 12. The van der Waals surface area contributed by atoms with Crippen molar-refractivity contribution < 1.29 is 0 Å². The summed E-state index contributed by atoms with van der Waals surface area (Å²) in [5.74, 6) is 5.88. The van der Waals surface area contributed by atoms with Crippen LogP contribution in [0.15, 0.2) is 66.8 Å². The first-order valence-electron chi connectivity index (χ1n) is 16.9. The van der Waals surface area contributed by atoms with E-state index in [1.54, 1.807) is 7.05 Å². The molecular formula is C39H71N5. The molecule has 1 aromatic heterocycles. The van der Waals surface area contributed by atoms with Gasteiger partial charge in [-0.3, -0.25) is 5.84 Å². The Morgan fingerprint density at radius 2 is 1.52 bits per heavy atom. The number of nitrogens with two attached hydrogens (primary N) is 1. The van der Waals surface area contributed by atoms with E-state index in [0.717, 1.165) is 38.6 Å². The molecule has 0 unspecified atom stereocenters. The third kappa shape index (κ3) is 18.2. The average Bonchev–Trinajstić information content (AvgIpc) is 3.35. The summed E-state index contributed by atoms with van der Waals surface area (Å²) >= 11 is 0. The highest BCUT2D eigenvalue weighted by Gasteiger charge is 2.25. The second-order valence-corrected chi connectivity index (χ2v) is 11.3. The summed E-state index contributed by atoms with van der Waals surface area (Å²) in [6, 6.07) is 9.00. The Hall–Kier alpha value is -2.73. The van der Waals surface area contributed by atoms with Gasteiger partial charge in [-0.05, 0) is 75.8 Å². The average molecular weight is 610 g/mol. The Morgan fingerprint density at radius 3 is 1.91 bits per heavy atom. The smallest absolute Gasteiger partial charge is 0.109 e. The molecule has 0 aliphatic carbocycles. The van der Waals surface area contributed by atoms with Gasteiger partial charge in [0, 0.05) is 24.1 Å². The van der Waals surface area contributed by atoms with Gasteiger partial charge < -0.3 is 4.57 Å². The van der Waals surface area contributed by atoms with Crippen molar-refractivity contribution in [2.75, 3.05) is 7.05 Å². The number of hydrogen-bond donors (Lipinski definition) is 3. The minimum absolute atomic E-state index is 0.0323. The van der Waals surface area contributed by atoms with Crippen molar-refractivity contribution in [3.05, 3.63) is 95.1 Å². The van der Waals surface area contributed by atoms with E-state index in [1.807, 2.05) is 33.8 Å². The standard InChI is InChI=1S/C31H44N2.C3H8.2C2H6.CH7N3/c1-10-14-27(24(6)12-3)26-20-18-25(19-21-26)22-33-28(17-13-16-23(4)5)30(31(7,8)9)32-29(33)15-11-2;1-3-2;2*1-2;1-3-4-2/h10,12,14,18-21H,1,4,11,13,15-17,22H2,2-3,5-9H3;3H2,1-2H3;2*1-2H3;3-4H,2H2,1H3/b24-12-,27-14+;;;;. The molecule has 252 valence electrons. The Balaban J connectivity index is -0.00000134. The molecule has 44 heavy (non-hydrogen) atoms. The van der Waals surface area contributed by atoms with Gasteiger partial charge in [0.2, 0.25) is 0 Å². The molecule has 0 amide bonds. The molecule has 1 heterocycles. The van der Waals surface area contributed by atoms with Crippen LogP contribution in [0.4, 0.5) is 0 Å². The fraction of sp³-hybridized carbons (Fsp3) is 0.564. The summed E-state index contributed by atoms with van der Waals surface area (Å²) in [5, 5.41) is 0. The summed E-state index contributed by atoms with van der Waals surface area (Å²) in [7, 11) is 1.69. The van der Waals surface area contributed by atoms with Crippen molar-refractivity contribution in [1.82, 2.24) is 20.5 Å². The van der Waals surface area contributed by atoms with Crippen LogP contribution < -0.4 is 16.8 Å². The van der Waals surface area contributed by atoms with Gasteiger partial charge >= 0.3 is 0 Å². The molecule has 0 saturated carbocycles. The van der Waals surface area contributed by atoms with Crippen molar-refractivity contribution in [3.8, 4) is 0 Å². The lowest BCUT2D eigenvalue weighted by Crippen LogP contribution is -2.33. The highest BCUT2D eigenvalue weighted by Crippen LogP contribution is 2.30. The lowest BCUT2D eigenvalue weighted by Gasteiger charge is -2.20. The van der Waals surface area contributed by atoms with Crippen LogP contribution in [0.25, 0.3) is 5.57 Å². The first-order chi connectivity index (χ1) is 20.9. The van der Waals surface area contributed by atoms with E-state index in [4.69, 9.17) is 4.98 Å². The Bertz CT molecular complexity index is 1060. The maximum absolute atomic E-state index is 5.18. The number of allylic oxidation sites excluding steroid dienone is 6. The number of nitrogens with one attached hydrogen (secondary N) is 2. The second-order valence-electron chi connectivity index (χ2n) is 11.3. The summed E-state index contributed by atoms with van der Waals surface area (Å²) in [5.41, 5.74) is 13.6. The molecule has 2 aromatic rings. The SMILES string of the molecule is C=C/C=C(\C(C)=C/C)c1ccc(Cn2c(CCC)nc(C(C)(C)C)c2CCCC(=C)C)cc1.CC.CC.CCC.CNNN. The topological polar surface area (TPSA) is 67.9 Å². The van der Waals surface area contributed by atoms with Crippen LogP contribution in [0.1, 0.15) is 144 Å². The lowest BCUT2D eigenvalue weighted by atomic mass is 9.89. The summed E-state index contributed by atoms with van der Waals surface area (Å²) in [6.45, 7) is 36.5. The van der Waals surface area contributed by atoms with Gasteiger partial charge in [0.05, 0.1) is 5.69 Å². The molecule has 0 saturated heterocycles. The van der Waals surface area contributed by atoms with E-state index >= 15 is 0 Å². The van der Waals surface area contributed by atoms with Crippen LogP contribution in [-0.2, 0) is 24.8 Å². The zero-order valence-electron chi connectivity index (χ0n) is 31.4. The van der Waals surface area contributed by atoms with Gasteiger partial charge in [0.15, 0.2) is 0 Å². The summed E-state index contributed by atoms with van der Waals surface area (Å²) in [6.07, 6.45) is 12.7. The molecular weight excluding hydrogens is 538 g/mol. The van der Waals surface area contributed by atoms with E-state index in [0.29, 0.717) is 0 Å². The van der Waals surface area contributed by atoms with E-state index < -0.39 is 0 Å². The monoisotopic (exact) mass is 610 g/mol. The van der Waals surface area contributed by atoms with E-state index in [2.05, 4.69) is 133 Å². The molecule has 4 N–H and O–H groups in total. The molecule has 1 aromatic carbocycles. The predicted molar refractivity (Wildman–Crippen MR) is 201 cm³/mol. The highest BCUT2D eigenvalue weighted by atomic mass is 15.5. The predicted octanol–water partition coefficient (Wildman–Crippen LogP) is 10.7. The number of aromatic nitrogens is 2. The number of aryl methyl sites for hydroxylation is 1. The van der Waals surface area contributed by atoms with Crippen molar-refractivity contribution in [3.63, 3.8) is 0 Å². The maximum Gasteiger partial charge on any atom is 0.109 e.